The lowest BCUT2D eigenvalue weighted by Crippen LogP contribution is -2.06. The summed E-state index contributed by atoms with van der Waals surface area (Å²) >= 11 is 3.25. The Balaban J connectivity index is 2.47. The van der Waals surface area contributed by atoms with E-state index >= 15 is 0 Å². The van der Waals surface area contributed by atoms with Crippen molar-refractivity contribution in [2.75, 3.05) is 5.73 Å². The van der Waals surface area contributed by atoms with Crippen molar-refractivity contribution in [1.82, 2.24) is 0 Å². The molecule has 18 heavy (non-hydrogen) atoms. The number of anilines is 1. The third-order valence-electron chi connectivity index (χ3n) is 2.60. The van der Waals surface area contributed by atoms with Crippen molar-refractivity contribution in [3.05, 3.63) is 63.6 Å². The third kappa shape index (κ3) is 2.52. The Hall–Kier alpha value is -1.46. The zero-order chi connectivity index (χ0) is 13.3. The molecule has 0 aliphatic carbocycles. The molecule has 0 saturated heterocycles. The summed E-state index contributed by atoms with van der Waals surface area (Å²) in [7, 11) is 0. The molecule has 0 bridgehead atoms. The quantitative estimate of drug-likeness (QED) is 0.835. The maximum Gasteiger partial charge on any atom is 0.132 e. The molecule has 3 N–H and O–H groups in total. The number of nitrogen functional groups attached to an aromatic ring is 1. The van der Waals surface area contributed by atoms with Gasteiger partial charge in [0.15, 0.2) is 0 Å². The van der Waals surface area contributed by atoms with E-state index in [4.69, 9.17) is 5.73 Å². The molecule has 2 aromatic carbocycles. The van der Waals surface area contributed by atoms with Gasteiger partial charge in [0.25, 0.3) is 0 Å². The summed E-state index contributed by atoms with van der Waals surface area (Å²) in [5.74, 6) is -1.49. The first-order valence-corrected chi connectivity index (χ1v) is 5.96. The molecular formula is C13H10BrF2NO. The minimum absolute atomic E-state index is 0.0128. The van der Waals surface area contributed by atoms with Crippen molar-refractivity contribution in [1.29, 1.82) is 0 Å². The second kappa shape index (κ2) is 5.04. The number of aliphatic hydroxyl groups excluding tert-OH is 1. The van der Waals surface area contributed by atoms with E-state index < -0.39 is 17.7 Å². The molecule has 0 aliphatic heterocycles. The van der Waals surface area contributed by atoms with Crippen LogP contribution in [0.25, 0.3) is 0 Å². The van der Waals surface area contributed by atoms with Gasteiger partial charge in [-0.05, 0) is 24.3 Å². The van der Waals surface area contributed by atoms with Gasteiger partial charge in [0, 0.05) is 27.4 Å². The van der Waals surface area contributed by atoms with Crippen LogP contribution in [0.5, 0.6) is 0 Å². The summed E-state index contributed by atoms with van der Waals surface area (Å²) in [5.41, 5.74) is 6.43. The average molecular weight is 314 g/mol. The Morgan fingerprint density at radius 3 is 2.44 bits per heavy atom. The van der Waals surface area contributed by atoms with Crippen LogP contribution in [0.4, 0.5) is 14.5 Å². The first-order chi connectivity index (χ1) is 8.49. The number of benzene rings is 2. The average Bonchev–Trinajstić information content (AvgIpc) is 2.31. The van der Waals surface area contributed by atoms with Crippen LogP contribution >= 0.6 is 15.9 Å². The molecule has 0 aliphatic rings. The lowest BCUT2D eigenvalue weighted by atomic mass is 9.99. The Kier molecular flexibility index (Phi) is 3.63. The highest BCUT2D eigenvalue weighted by atomic mass is 79.9. The highest BCUT2D eigenvalue weighted by Gasteiger charge is 2.18. The van der Waals surface area contributed by atoms with Gasteiger partial charge in [-0.2, -0.15) is 0 Å². The highest BCUT2D eigenvalue weighted by molar-refractivity contribution is 9.10. The second-order valence-electron chi connectivity index (χ2n) is 3.84. The summed E-state index contributed by atoms with van der Waals surface area (Å²) in [6, 6.07) is 7.94. The van der Waals surface area contributed by atoms with E-state index in [9.17, 15) is 13.9 Å². The number of hydrogen-bond donors (Lipinski definition) is 2. The first kappa shape index (κ1) is 13.0. The third-order valence-corrected chi connectivity index (χ3v) is 3.09. The summed E-state index contributed by atoms with van der Waals surface area (Å²) < 4.78 is 27.1. The molecule has 5 heteroatoms. The Morgan fingerprint density at radius 1 is 1.06 bits per heavy atom. The van der Waals surface area contributed by atoms with Gasteiger partial charge in [0.2, 0.25) is 0 Å². The van der Waals surface area contributed by atoms with Crippen molar-refractivity contribution in [3.63, 3.8) is 0 Å². The van der Waals surface area contributed by atoms with E-state index in [-0.39, 0.29) is 5.56 Å². The van der Waals surface area contributed by atoms with Crippen molar-refractivity contribution >= 4 is 21.6 Å². The Morgan fingerprint density at radius 2 is 1.78 bits per heavy atom. The van der Waals surface area contributed by atoms with E-state index in [1.807, 2.05) is 0 Å². The van der Waals surface area contributed by atoms with E-state index in [1.165, 1.54) is 6.07 Å². The minimum atomic E-state index is -1.23. The van der Waals surface area contributed by atoms with Crippen LogP contribution < -0.4 is 5.73 Å². The lowest BCUT2D eigenvalue weighted by Gasteiger charge is -2.15. The molecule has 0 aromatic heterocycles. The SMILES string of the molecule is Nc1ccc(Br)cc1C(O)c1ccc(F)cc1F. The molecule has 1 unspecified atom stereocenters. The standard InChI is InChI=1S/C13H10BrF2NO/c14-7-1-4-12(17)10(5-7)13(18)9-3-2-8(15)6-11(9)16/h1-6,13,18H,17H2. The smallest absolute Gasteiger partial charge is 0.132 e. The predicted molar refractivity (Wildman–Crippen MR) is 69.0 cm³/mol. The normalized spacial score (nSPS) is 12.4. The monoisotopic (exact) mass is 313 g/mol. The lowest BCUT2D eigenvalue weighted by molar-refractivity contribution is 0.215. The fraction of sp³-hybridized carbons (Fsp3) is 0.0769. The number of aliphatic hydroxyl groups is 1. The van der Waals surface area contributed by atoms with Gasteiger partial charge < -0.3 is 10.8 Å². The molecule has 0 radical (unpaired) electrons. The predicted octanol–water partition coefficient (Wildman–Crippen LogP) is 3.39. The van der Waals surface area contributed by atoms with Gasteiger partial charge in [0.1, 0.15) is 17.7 Å². The van der Waals surface area contributed by atoms with Crippen molar-refractivity contribution in [2.45, 2.75) is 6.10 Å². The van der Waals surface area contributed by atoms with Crippen LogP contribution in [-0.2, 0) is 0 Å². The van der Waals surface area contributed by atoms with Gasteiger partial charge in [-0.15, -0.1) is 0 Å². The number of halogens is 3. The summed E-state index contributed by atoms with van der Waals surface area (Å²) in [6.45, 7) is 0. The molecule has 94 valence electrons. The molecule has 0 amide bonds. The van der Waals surface area contributed by atoms with Crippen LogP contribution in [0.15, 0.2) is 40.9 Å². The molecule has 0 spiro atoms. The Bertz CT molecular complexity index is 589. The number of hydrogen-bond acceptors (Lipinski definition) is 2. The fourth-order valence-corrected chi connectivity index (χ4v) is 2.05. The zero-order valence-corrected chi connectivity index (χ0v) is 10.8. The summed E-state index contributed by atoms with van der Waals surface area (Å²) in [5, 5.41) is 10.1. The van der Waals surface area contributed by atoms with Gasteiger partial charge in [-0.1, -0.05) is 22.0 Å². The van der Waals surface area contributed by atoms with Crippen molar-refractivity contribution in [3.8, 4) is 0 Å². The van der Waals surface area contributed by atoms with E-state index in [0.717, 1.165) is 12.1 Å². The van der Waals surface area contributed by atoms with Gasteiger partial charge in [-0.3, -0.25) is 0 Å². The zero-order valence-electron chi connectivity index (χ0n) is 9.20. The number of nitrogens with two attached hydrogens (primary N) is 1. The van der Waals surface area contributed by atoms with E-state index in [1.54, 1.807) is 18.2 Å². The van der Waals surface area contributed by atoms with Crippen molar-refractivity contribution in [2.24, 2.45) is 0 Å². The largest absolute Gasteiger partial charge is 0.398 e. The van der Waals surface area contributed by atoms with Crippen LogP contribution in [0.2, 0.25) is 0 Å². The summed E-state index contributed by atoms with van der Waals surface area (Å²) in [6.07, 6.45) is -1.23. The summed E-state index contributed by atoms with van der Waals surface area (Å²) in [4.78, 5) is 0. The second-order valence-corrected chi connectivity index (χ2v) is 4.76. The molecule has 0 heterocycles. The van der Waals surface area contributed by atoms with Gasteiger partial charge in [-0.25, -0.2) is 8.78 Å². The maximum atomic E-state index is 13.6. The fourth-order valence-electron chi connectivity index (χ4n) is 1.67. The molecule has 2 rings (SSSR count). The van der Waals surface area contributed by atoms with Crippen molar-refractivity contribution < 1.29 is 13.9 Å². The molecule has 1 atom stereocenters. The topological polar surface area (TPSA) is 46.2 Å². The molecule has 2 aromatic rings. The highest BCUT2D eigenvalue weighted by Crippen LogP contribution is 2.30. The van der Waals surface area contributed by atoms with E-state index in [0.29, 0.717) is 15.7 Å². The van der Waals surface area contributed by atoms with Crippen LogP contribution in [-0.4, -0.2) is 5.11 Å². The maximum absolute atomic E-state index is 13.6. The number of rotatable bonds is 2. The first-order valence-electron chi connectivity index (χ1n) is 5.17. The van der Waals surface area contributed by atoms with E-state index in [2.05, 4.69) is 15.9 Å². The minimum Gasteiger partial charge on any atom is -0.398 e. The molecule has 0 fully saturated rings. The van der Waals surface area contributed by atoms with Gasteiger partial charge >= 0.3 is 0 Å². The Labute approximate surface area is 111 Å². The van der Waals surface area contributed by atoms with Crippen LogP contribution in [0.3, 0.4) is 0 Å². The molecule has 2 nitrogen and oxygen atoms in total. The van der Waals surface area contributed by atoms with Gasteiger partial charge in [0.05, 0.1) is 0 Å². The molecule has 0 saturated carbocycles. The van der Waals surface area contributed by atoms with Crippen LogP contribution in [0, 0.1) is 11.6 Å². The van der Waals surface area contributed by atoms with Crippen LogP contribution in [0.1, 0.15) is 17.2 Å². The molecular weight excluding hydrogens is 304 g/mol.